The van der Waals surface area contributed by atoms with E-state index >= 15 is 0 Å². The second-order valence-corrected chi connectivity index (χ2v) is 5.24. The molecule has 20 heavy (non-hydrogen) atoms. The summed E-state index contributed by atoms with van der Waals surface area (Å²) in [5.41, 5.74) is 3.00. The Bertz CT molecular complexity index is 574. The predicted octanol–water partition coefficient (Wildman–Crippen LogP) is 4.74. The molecule has 4 heteroatoms. The monoisotopic (exact) mass is 337 g/mol. The average molecular weight is 338 g/mol. The molecule has 0 heterocycles. The van der Waals surface area contributed by atoms with Gasteiger partial charge in [-0.2, -0.15) is 0 Å². The van der Waals surface area contributed by atoms with Crippen molar-refractivity contribution in [2.24, 2.45) is 0 Å². The van der Waals surface area contributed by atoms with Crippen molar-refractivity contribution in [1.29, 1.82) is 0 Å². The van der Waals surface area contributed by atoms with Crippen molar-refractivity contribution in [3.05, 3.63) is 63.9 Å². The van der Waals surface area contributed by atoms with Gasteiger partial charge in [0.05, 0.1) is 6.61 Å². The van der Waals surface area contributed by atoms with Gasteiger partial charge in [0.25, 0.3) is 0 Å². The summed E-state index contributed by atoms with van der Waals surface area (Å²) in [5.74, 6) is -0.229. The predicted molar refractivity (Wildman–Crippen MR) is 83.2 cm³/mol. The van der Waals surface area contributed by atoms with Crippen molar-refractivity contribution in [3.63, 3.8) is 0 Å². The van der Waals surface area contributed by atoms with E-state index in [1.165, 1.54) is 12.1 Å². The lowest BCUT2D eigenvalue weighted by atomic mass is 10.1. The van der Waals surface area contributed by atoms with Crippen LogP contribution in [0.25, 0.3) is 0 Å². The lowest BCUT2D eigenvalue weighted by Crippen LogP contribution is -2.04. The maximum absolute atomic E-state index is 13.3. The molecular formula is C16H17BrFNO. The van der Waals surface area contributed by atoms with Gasteiger partial charge in [-0.3, -0.25) is 0 Å². The van der Waals surface area contributed by atoms with Gasteiger partial charge in [-0.25, -0.2) is 4.39 Å². The van der Waals surface area contributed by atoms with Gasteiger partial charge < -0.3 is 10.1 Å². The standard InChI is InChI=1S/C16H17BrFNO/c1-2-20-11-12-5-3-4-6-16(12)19-10-13-9-14(18)7-8-15(13)17/h3-9,19H,2,10-11H2,1H3. The lowest BCUT2D eigenvalue weighted by molar-refractivity contribution is 0.134. The minimum Gasteiger partial charge on any atom is -0.381 e. The molecule has 1 N–H and O–H groups in total. The van der Waals surface area contributed by atoms with Crippen molar-refractivity contribution < 1.29 is 9.13 Å². The van der Waals surface area contributed by atoms with Gasteiger partial charge >= 0.3 is 0 Å². The number of anilines is 1. The number of para-hydroxylation sites is 1. The molecule has 2 aromatic carbocycles. The van der Waals surface area contributed by atoms with Gasteiger partial charge in [-0.1, -0.05) is 34.1 Å². The van der Waals surface area contributed by atoms with E-state index in [2.05, 4.69) is 21.2 Å². The smallest absolute Gasteiger partial charge is 0.123 e. The molecule has 0 amide bonds. The first-order valence-electron chi connectivity index (χ1n) is 6.54. The van der Waals surface area contributed by atoms with Gasteiger partial charge in [-0.15, -0.1) is 0 Å². The first-order chi connectivity index (χ1) is 9.70. The van der Waals surface area contributed by atoms with Gasteiger partial charge in [0, 0.05) is 28.9 Å². The van der Waals surface area contributed by atoms with Crippen molar-refractivity contribution in [2.45, 2.75) is 20.1 Å². The Kier molecular flexibility index (Phi) is 5.56. The summed E-state index contributed by atoms with van der Waals surface area (Å²) in [4.78, 5) is 0. The Morgan fingerprint density at radius 3 is 2.75 bits per heavy atom. The first-order valence-corrected chi connectivity index (χ1v) is 7.33. The van der Waals surface area contributed by atoms with E-state index in [0.717, 1.165) is 21.3 Å². The van der Waals surface area contributed by atoms with E-state index in [4.69, 9.17) is 4.74 Å². The number of benzene rings is 2. The zero-order valence-electron chi connectivity index (χ0n) is 11.3. The molecule has 0 saturated heterocycles. The Morgan fingerprint density at radius 2 is 1.95 bits per heavy atom. The Morgan fingerprint density at radius 1 is 1.15 bits per heavy atom. The molecule has 0 aliphatic heterocycles. The van der Waals surface area contributed by atoms with Crippen LogP contribution in [0.5, 0.6) is 0 Å². The molecule has 106 valence electrons. The second kappa shape index (κ2) is 7.41. The average Bonchev–Trinajstić information content (AvgIpc) is 2.47. The molecule has 0 saturated carbocycles. The van der Waals surface area contributed by atoms with Crippen molar-refractivity contribution >= 4 is 21.6 Å². The maximum Gasteiger partial charge on any atom is 0.123 e. The Labute approximate surface area is 127 Å². The minimum atomic E-state index is -0.229. The topological polar surface area (TPSA) is 21.3 Å². The number of rotatable bonds is 6. The van der Waals surface area contributed by atoms with Crippen LogP contribution < -0.4 is 5.32 Å². The van der Waals surface area contributed by atoms with Crippen molar-refractivity contribution in [3.8, 4) is 0 Å². The molecule has 0 fully saturated rings. The van der Waals surface area contributed by atoms with Crippen LogP contribution in [0.1, 0.15) is 18.1 Å². The van der Waals surface area contributed by atoms with Crippen molar-refractivity contribution in [2.75, 3.05) is 11.9 Å². The molecule has 2 rings (SSSR count). The molecule has 2 aromatic rings. The van der Waals surface area contributed by atoms with Crippen LogP contribution in [0.15, 0.2) is 46.9 Å². The zero-order valence-corrected chi connectivity index (χ0v) is 12.9. The number of nitrogens with one attached hydrogen (secondary N) is 1. The number of hydrogen-bond acceptors (Lipinski definition) is 2. The lowest BCUT2D eigenvalue weighted by Gasteiger charge is -2.13. The molecular weight excluding hydrogens is 321 g/mol. The molecule has 0 spiro atoms. The minimum absolute atomic E-state index is 0.229. The number of ether oxygens (including phenoxy) is 1. The SMILES string of the molecule is CCOCc1ccccc1NCc1cc(F)ccc1Br. The first kappa shape index (κ1) is 15.0. The highest BCUT2D eigenvalue weighted by Crippen LogP contribution is 2.21. The van der Waals surface area contributed by atoms with E-state index in [1.54, 1.807) is 6.07 Å². The van der Waals surface area contributed by atoms with E-state index in [-0.39, 0.29) is 5.82 Å². The molecule has 0 aromatic heterocycles. The fourth-order valence-corrected chi connectivity index (χ4v) is 2.29. The van der Waals surface area contributed by atoms with Crippen LogP contribution in [-0.4, -0.2) is 6.61 Å². The fraction of sp³-hybridized carbons (Fsp3) is 0.250. The summed E-state index contributed by atoms with van der Waals surface area (Å²) < 4.78 is 19.6. The van der Waals surface area contributed by atoms with Crippen LogP contribution in [-0.2, 0) is 17.9 Å². The molecule has 0 atom stereocenters. The Balaban J connectivity index is 2.08. The van der Waals surface area contributed by atoms with E-state index in [1.807, 2.05) is 31.2 Å². The number of halogens is 2. The van der Waals surface area contributed by atoms with Crippen LogP contribution in [0.2, 0.25) is 0 Å². The van der Waals surface area contributed by atoms with Gasteiger partial charge in [0.15, 0.2) is 0 Å². The zero-order chi connectivity index (χ0) is 14.4. The summed E-state index contributed by atoms with van der Waals surface area (Å²) in [6.07, 6.45) is 0. The molecule has 0 bridgehead atoms. The van der Waals surface area contributed by atoms with E-state index in [0.29, 0.717) is 19.8 Å². The number of hydrogen-bond donors (Lipinski definition) is 1. The third kappa shape index (κ3) is 4.05. The highest BCUT2D eigenvalue weighted by Gasteiger charge is 2.04. The van der Waals surface area contributed by atoms with Crippen LogP contribution >= 0.6 is 15.9 Å². The second-order valence-electron chi connectivity index (χ2n) is 4.38. The fourth-order valence-electron chi connectivity index (χ4n) is 1.90. The van der Waals surface area contributed by atoms with Crippen LogP contribution in [0.3, 0.4) is 0 Å². The maximum atomic E-state index is 13.3. The molecule has 0 aliphatic rings. The molecule has 0 aliphatic carbocycles. The quantitative estimate of drug-likeness (QED) is 0.822. The largest absolute Gasteiger partial charge is 0.381 e. The van der Waals surface area contributed by atoms with E-state index in [9.17, 15) is 4.39 Å². The Hall–Kier alpha value is -1.39. The molecule has 2 nitrogen and oxygen atoms in total. The van der Waals surface area contributed by atoms with Gasteiger partial charge in [0.1, 0.15) is 5.82 Å². The third-order valence-corrected chi connectivity index (χ3v) is 3.73. The van der Waals surface area contributed by atoms with Crippen LogP contribution in [0.4, 0.5) is 10.1 Å². The third-order valence-electron chi connectivity index (χ3n) is 2.96. The normalized spacial score (nSPS) is 10.6. The van der Waals surface area contributed by atoms with Crippen molar-refractivity contribution in [1.82, 2.24) is 0 Å². The van der Waals surface area contributed by atoms with Gasteiger partial charge in [0.2, 0.25) is 0 Å². The molecule has 0 radical (unpaired) electrons. The summed E-state index contributed by atoms with van der Waals surface area (Å²) in [7, 11) is 0. The van der Waals surface area contributed by atoms with Gasteiger partial charge in [-0.05, 0) is 36.8 Å². The highest BCUT2D eigenvalue weighted by atomic mass is 79.9. The van der Waals surface area contributed by atoms with Crippen LogP contribution in [0, 0.1) is 5.82 Å². The summed E-state index contributed by atoms with van der Waals surface area (Å²) in [6.45, 7) is 3.79. The highest BCUT2D eigenvalue weighted by molar-refractivity contribution is 9.10. The summed E-state index contributed by atoms with van der Waals surface area (Å²) in [5, 5.41) is 3.33. The van der Waals surface area contributed by atoms with E-state index < -0.39 is 0 Å². The summed E-state index contributed by atoms with van der Waals surface area (Å²) >= 11 is 3.43. The summed E-state index contributed by atoms with van der Waals surface area (Å²) in [6, 6.07) is 12.7. The molecule has 0 unspecified atom stereocenters.